The van der Waals surface area contributed by atoms with Crippen molar-refractivity contribution in [3.8, 4) is 0 Å². The molecule has 1 atom stereocenters. The molecule has 1 N–H and O–H groups in total. The summed E-state index contributed by atoms with van der Waals surface area (Å²) in [5.74, 6) is -1.14. The maximum Gasteiger partial charge on any atom is 0.129 e. The molecule has 1 aromatic rings. The molecule has 2 rings (SSSR count). The van der Waals surface area contributed by atoms with Crippen molar-refractivity contribution in [1.29, 1.82) is 0 Å². The van der Waals surface area contributed by atoms with Gasteiger partial charge in [0.2, 0.25) is 0 Å². The van der Waals surface area contributed by atoms with E-state index in [0.29, 0.717) is 0 Å². The minimum Gasteiger partial charge on any atom is -0.391 e. The van der Waals surface area contributed by atoms with E-state index in [1.807, 2.05) is 0 Å². The zero-order chi connectivity index (χ0) is 15.5. The summed E-state index contributed by atoms with van der Waals surface area (Å²) in [5, 5.41) is 10.8. The van der Waals surface area contributed by atoms with E-state index in [1.165, 1.54) is 18.2 Å². The first-order valence-electron chi connectivity index (χ1n) is 7.91. The van der Waals surface area contributed by atoms with Gasteiger partial charge in [0.1, 0.15) is 11.6 Å². The summed E-state index contributed by atoms with van der Waals surface area (Å²) in [6, 6.07) is 3.87. The third-order valence-corrected chi connectivity index (χ3v) is 4.94. The van der Waals surface area contributed by atoms with Gasteiger partial charge in [0.05, 0.1) is 6.10 Å². The second kappa shape index (κ2) is 6.84. The first-order valence-corrected chi connectivity index (χ1v) is 7.91. The van der Waals surface area contributed by atoms with E-state index in [2.05, 4.69) is 18.7 Å². The number of aliphatic hydroxyl groups is 1. The van der Waals surface area contributed by atoms with Gasteiger partial charge in [0.25, 0.3) is 0 Å². The summed E-state index contributed by atoms with van der Waals surface area (Å²) in [5.41, 5.74) is -0.332. The number of rotatable bonds is 6. The van der Waals surface area contributed by atoms with E-state index >= 15 is 0 Å². The van der Waals surface area contributed by atoms with Crippen LogP contribution in [0.3, 0.4) is 0 Å². The Bertz CT molecular complexity index is 448. The Morgan fingerprint density at radius 1 is 1.14 bits per heavy atom. The molecule has 0 saturated heterocycles. The van der Waals surface area contributed by atoms with Crippen LogP contribution in [0.4, 0.5) is 8.78 Å². The molecule has 1 aromatic carbocycles. The minimum atomic E-state index is -0.744. The summed E-state index contributed by atoms with van der Waals surface area (Å²) < 4.78 is 27.6. The molecule has 1 unspecified atom stereocenters. The fraction of sp³-hybridized carbons (Fsp3) is 0.647. The van der Waals surface area contributed by atoms with Crippen LogP contribution in [0.1, 0.15) is 45.1 Å². The maximum absolute atomic E-state index is 13.8. The van der Waals surface area contributed by atoms with Gasteiger partial charge in [0, 0.05) is 17.5 Å². The zero-order valence-electron chi connectivity index (χ0n) is 12.9. The van der Waals surface area contributed by atoms with E-state index in [1.54, 1.807) is 0 Å². The lowest BCUT2D eigenvalue weighted by molar-refractivity contribution is -0.0251. The SMILES string of the molecule is CCN(CC)C1(C(O)Cc2c(F)cccc2F)CCCC1. The van der Waals surface area contributed by atoms with Gasteiger partial charge in [-0.2, -0.15) is 0 Å². The van der Waals surface area contributed by atoms with E-state index in [4.69, 9.17) is 0 Å². The molecule has 118 valence electrons. The Kier molecular flexibility index (Phi) is 5.33. The molecule has 2 nitrogen and oxygen atoms in total. The quantitative estimate of drug-likeness (QED) is 0.868. The first kappa shape index (κ1) is 16.4. The molecule has 0 aliphatic heterocycles. The van der Waals surface area contributed by atoms with Gasteiger partial charge in [-0.3, -0.25) is 4.90 Å². The molecule has 1 aliphatic carbocycles. The lowest BCUT2D eigenvalue weighted by Gasteiger charge is -2.44. The number of likely N-dealkylation sites (N-methyl/N-ethyl adjacent to an activating group) is 1. The molecular formula is C17H25F2NO. The van der Waals surface area contributed by atoms with Crippen LogP contribution in [0.25, 0.3) is 0 Å². The predicted molar refractivity (Wildman–Crippen MR) is 80.2 cm³/mol. The van der Waals surface area contributed by atoms with E-state index in [0.717, 1.165) is 38.8 Å². The summed E-state index contributed by atoms with van der Waals surface area (Å²) in [7, 11) is 0. The van der Waals surface area contributed by atoms with Crippen LogP contribution in [0.2, 0.25) is 0 Å². The predicted octanol–water partition coefficient (Wildman–Crippen LogP) is 3.52. The van der Waals surface area contributed by atoms with Gasteiger partial charge in [-0.05, 0) is 38.1 Å². The summed E-state index contributed by atoms with van der Waals surface area (Å²) in [6.45, 7) is 5.82. The summed E-state index contributed by atoms with van der Waals surface area (Å²) in [4.78, 5) is 2.25. The second-order valence-electron chi connectivity index (χ2n) is 5.90. The fourth-order valence-corrected chi connectivity index (χ4v) is 3.81. The van der Waals surface area contributed by atoms with E-state index < -0.39 is 17.7 Å². The van der Waals surface area contributed by atoms with Crippen LogP contribution in [0.5, 0.6) is 0 Å². The number of halogens is 2. The van der Waals surface area contributed by atoms with Crippen LogP contribution >= 0.6 is 0 Å². The lowest BCUT2D eigenvalue weighted by atomic mass is 9.84. The maximum atomic E-state index is 13.8. The standard InChI is InChI=1S/C17H25F2NO/c1-3-20(4-2)17(10-5-6-11-17)16(21)12-13-14(18)8-7-9-15(13)19/h7-9,16,21H,3-6,10-12H2,1-2H3. The molecule has 0 heterocycles. The van der Waals surface area contributed by atoms with Crippen molar-refractivity contribution in [2.45, 2.75) is 57.6 Å². The highest BCUT2D eigenvalue weighted by Gasteiger charge is 2.44. The molecule has 0 radical (unpaired) electrons. The third kappa shape index (κ3) is 3.11. The Morgan fingerprint density at radius 2 is 1.67 bits per heavy atom. The van der Waals surface area contributed by atoms with Crippen LogP contribution in [-0.2, 0) is 6.42 Å². The summed E-state index contributed by atoms with van der Waals surface area (Å²) >= 11 is 0. The van der Waals surface area contributed by atoms with Crippen LogP contribution in [0, 0.1) is 11.6 Å². The molecule has 4 heteroatoms. The fourth-order valence-electron chi connectivity index (χ4n) is 3.81. The Hall–Kier alpha value is -1.00. The Labute approximate surface area is 125 Å². The molecule has 0 spiro atoms. The van der Waals surface area contributed by atoms with Crippen molar-refractivity contribution < 1.29 is 13.9 Å². The van der Waals surface area contributed by atoms with Gasteiger partial charge >= 0.3 is 0 Å². The smallest absolute Gasteiger partial charge is 0.129 e. The number of aliphatic hydroxyl groups excluding tert-OH is 1. The third-order valence-electron chi connectivity index (χ3n) is 4.94. The van der Waals surface area contributed by atoms with Crippen molar-refractivity contribution in [1.82, 2.24) is 4.90 Å². The van der Waals surface area contributed by atoms with Crippen LogP contribution in [-0.4, -0.2) is 34.7 Å². The Balaban J connectivity index is 2.25. The monoisotopic (exact) mass is 297 g/mol. The second-order valence-corrected chi connectivity index (χ2v) is 5.90. The molecule has 1 fully saturated rings. The minimum absolute atomic E-state index is 0.00318. The van der Waals surface area contributed by atoms with Crippen molar-refractivity contribution in [3.63, 3.8) is 0 Å². The van der Waals surface area contributed by atoms with Crippen molar-refractivity contribution >= 4 is 0 Å². The molecular weight excluding hydrogens is 272 g/mol. The molecule has 0 aromatic heterocycles. The Morgan fingerprint density at radius 3 is 2.14 bits per heavy atom. The highest BCUT2D eigenvalue weighted by molar-refractivity contribution is 5.21. The average molecular weight is 297 g/mol. The molecule has 0 amide bonds. The van der Waals surface area contributed by atoms with Gasteiger partial charge in [0.15, 0.2) is 0 Å². The number of hydrogen-bond acceptors (Lipinski definition) is 2. The van der Waals surface area contributed by atoms with Gasteiger partial charge < -0.3 is 5.11 Å². The van der Waals surface area contributed by atoms with Crippen LogP contribution < -0.4 is 0 Å². The number of hydrogen-bond donors (Lipinski definition) is 1. The van der Waals surface area contributed by atoms with E-state index in [-0.39, 0.29) is 17.5 Å². The van der Waals surface area contributed by atoms with Gasteiger partial charge in [-0.25, -0.2) is 8.78 Å². The molecule has 0 bridgehead atoms. The van der Waals surface area contributed by atoms with Gasteiger partial charge in [-0.15, -0.1) is 0 Å². The number of benzene rings is 1. The van der Waals surface area contributed by atoms with Crippen molar-refractivity contribution in [2.75, 3.05) is 13.1 Å². The zero-order valence-corrected chi connectivity index (χ0v) is 12.9. The highest BCUT2D eigenvalue weighted by atomic mass is 19.1. The molecule has 1 saturated carbocycles. The van der Waals surface area contributed by atoms with Crippen molar-refractivity contribution in [2.24, 2.45) is 0 Å². The molecule has 21 heavy (non-hydrogen) atoms. The van der Waals surface area contributed by atoms with Gasteiger partial charge in [-0.1, -0.05) is 32.8 Å². The average Bonchev–Trinajstić information content (AvgIpc) is 2.95. The molecule has 1 aliphatic rings. The lowest BCUT2D eigenvalue weighted by Crippen LogP contribution is -2.55. The van der Waals surface area contributed by atoms with Crippen molar-refractivity contribution in [3.05, 3.63) is 35.4 Å². The van der Waals surface area contributed by atoms with E-state index in [9.17, 15) is 13.9 Å². The van der Waals surface area contributed by atoms with Crippen LogP contribution in [0.15, 0.2) is 18.2 Å². The largest absolute Gasteiger partial charge is 0.391 e. The number of nitrogens with zero attached hydrogens (tertiary/aromatic N) is 1. The summed E-state index contributed by atoms with van der Waals surface area (Å²) in [6.07, 6.45) is 3.21. The topological polar surface area (TPSA) is 23.5 Å². The normalized spacial score (nSPS) is 19.1. The highest BCUT2D eigenvalue weighted by Crippen LogP contribution is 2.39. The first-order chi connectivity index (χ1) is 10.0.